The molecule has 0 aliphatic heterocycles. The zero-order valence-corrected chi connectivity index (χ0v) is 17.5. The fraction of sp³-hybridized carbons (Fsp3) is 0.250. The highest BCUT2D eigenvalue weighted by molar-refractivity contribution is 7.90. The molecule has 0 unspecified atom stereocenters. The highest BCUT2D eigenvalue weighted by Crippen LogP contribution is 2.32. The summed E-state index contributed by atoms with van der Waals surface area (Å²) >= 11 is 0. The number of benzene rings is 1. The predicted octanol–water partition coefficient (Wildman–Crippen LogP) is 3.72. The van der Waals surface area contributed by atoms with Crippen molar-refractivity contribution < 1.29 is 21.6 Å². The molecule has 1 aromatic carbocycles. The Labute approximate surface area is 177 Å². The Morgan fingerprint density at radius 2 is 1.84 bits per heavy atom. The van der Waals surface area contributed by atoms with Crippen LogP contribution in [0.15, 0.2) is 47.5 Å². The molecule has 0 fully saturated rings. The summed E-state index contributed by atoms with van der Waals surface area (Å²) in [6.07, 6.45) is -1.39. The molecule has 0 aliphatic carbocycles. The van der Waals surface area contributed by atoms with Crippen LogP contribution >= 0.6 is 0 Å². The van der Waals surface area contributed by atoms with E-state index in [1.807, 2.05) is 6.92 Å². The molecule has 0 atom stereocenters. The molecule has 2 aromatic heterocycles. The second kappa shape index (κ2) is 8.50. The summed E-state index contributed by atoms with van der Waals surface area (Å²) in [4.78, 5) is 12.0. The third-order valence-corrected chi connectivity index (χ3v) is 5.63. The first-order chi connectivity index (χ1) is 14.5. The molecule has 3 rings (SSSR count). The molecule has 0 bridgehead atoms. The summed E-state index contributed by atoms with van der Waals surface area (Å²) in [7, 11) is -3.38. The maximum absolute atomic E-state index is 12.9. The Hall–Kier alpha value is -3.21. The largest absolute Gasteiger partial charge is 0.433 e. The summed E-state index contributed by atoms with van der Waals surface area (Å²) in [6, 6.07) is 8.36. The lowest BCUT2D eigenvalue weighted by Gasteiger charge is -2.15. The molecule has 3 aromatic rings. The minimum absolute atomic E-state index is 0.0194. The molecule has 0 spiro atoms. The number of hydrogen-bond acceptors (Lipinski definition) is 7. The first-order valence-corrected chi connectivity index (χ1v) is 11.1. The van der Waals surface area contributed by atoms with Gasteiger partial charge in [0.2, 0.25) is 5.95 Å². The SMILES string of the molecule is CCc1cc(S(C)(=O)=O)ccc1-c1cnc(N)nc1NCc1cccc(C(F)(F)F)n1. The minimum atomic E-state index is -4.54. The van der Waals surface area contributed by atoms with Crippen LogP contribution in [-0.4, -0.2) is 29.6 Å². The summed E-state index contributed by atoms with van der Waals surface area (Å²) in [5.74, 6) is 0.280. The maximum atomic E-state index is 12.9. The van der Waals surface area contributed by atoms with E-state index in [9.17, 15) is 21.6 Å². The summed E-state index contributed by atoms with van der Waals surface area (Å²) in [5.41, 5.74) is 6.86. The van der Waals surface area contributed by atoms with Gasteiger partial charge in [-0.1, -0.05) is 19.1 Å². The van der Waals surface area contributed by atoms with E-state index < -0.39 is 21.7 Å². The van der Waals surface area contributed by atoms with Crippen molar-refractivity contribution in [1.82, 2.24) is 15.0 Å². The second-order valence-corrected chi connectivity index (χ2v) is 8.82. The van der Waals surface area contributed by atoms with E-state index in [2.05, 4.69) is 20.3 Å². The Morgan fingerprint density at radius 3 is 2.48 bits per heavy atom. The van der Waals surface area contributed by atoms with Crippen LogP contribution in [0.3, 0.4) is 0 Å². The molecule has 0 radical (unpaired) electrons. The quantitative estimate of drug-likeness (QED) is 0.588. The minimum Gasteiger partial charge on any atom is -0.368 e. The highest BCUT2D eigenvalue weighted by Gasteiger charge is 2.32. The van der Waals surface area contributed by atoms with Crippen molar-refractivity contribution in [2.45, 2.75) is 31.0 Å². The smallest absolute Gasteiger partial charge is 0.368 e. The van der Waals surface area contributed by atoms with Crippen LogP contribution in [0.2, 0.25) is 0 Å². The van der Waals surface area contributed by atoms with Crippen LogP contribution in [0, 0.1) is 0 Å². The number of nitrogens with one attached hydrogen (secondary N) is 1. The monoisotopic (exact) mass is 451 g/mol. The van der Waals surface area contributed by atoms with Crippen LogP contribution in [0.25, 0.3) is 11.1 Å². The zero-order valence-electron chi connectivity index (χ0n) is 16.7. The molecule has 7 nitrogen and oxygen atoms in total. The van der Waals surface area contributed by atoms with E-state index >= 15 is 0 Å². The molecule has 164 valence electrons. The number of pyridine rings is 1. The molecular formula is C20H20F3N5O2S. The fourth-order valence-electron chi connectivity index (χ4n) is 2.99. The Balaban J connectivity index is 1.97. The Bertz CT molecular complexity index is 1210. The Kier molecular flexibility index (Phi) is 6.16. The van der Waals surface area contributed by atoms with Crippen molar-refractivity contribution in [3.63, 3.8) is 0 Å². The van der Waals surface area contributed by atoms with Gasteiger partial charge >= 0.3 is 6.18 Å². The number of halogens is 3. The van der Waals surface area contributed by atoms with Gasteiger partial charge in [0.15, 0.2) is 9.84 Å². The Morgan fingerprint density at radius 1 is 1.10 bits per heavy atom. The number of alkyl halides is 3. The molecular weight excluding hydrogens is 431 g/mol. The highest BCUT2D eigenvalue weighted by atomic mass is 32.2. The lowest BCUT2D eigenvalue weighted by molar-refractivity contribution is -0.141. The van der Waals surface area contributed by atoms with E-state index in [1.165, 1.54) is 24.4 Å². The third kappa shape index (κ3) is 5.29. The van der Waals surface area contributed by atoms with Gasteiger partial charge in [-0.05, 0) is 41.8 Å². The van der Waals surface area contributed by atoms with Gasteiger partial charge in [0.25, 0.3) is 0 Å². The van der Waals surface area contributed by atoms with Crippen molar-refractivity contribution >= 4 is 21.6 Å². The van der Waals surface area contributed by atoms with E-state index in [1.54, 1.807) is 12.1 Å². The molecule has 0 saturated carbocycles. The van der Waals surface area contributed by atoms with Gasteiger partial charge < -0.3 is 11.1 Å². The number of nitrogen functional groups attached to an aromatic ring is 1. The molecule has 3 N–H and O–H groups in total. The first-order valence-electron chi connectivity index (χ1n) is 9.22. The summed E-state index contributed by atoms with van der Waals surface area (Å²) in [6.45, 7) is 1.85. The number of nitrogens with two attached hydrogens (primary N) is 1. The van der Waals surface area contributed by atoms with Crippen LogP contribution in [0.1, 0.15) is 23.9 Å². The molecule has 0 amide bonds. The van der Waals surface area contributed by atoms with E-state index in [4.69, 9.17) is 5.73 Å². The van der Waals surface area contributed by atoms with Crippen molar-refractivity contribution in [3.8, 4) is 11.1 Å². The van der Waals surface area contributed by atoms with Gasteiger partial charge in [-0.3, -0.25) is 0 Å². The molecule has 2 heterocycles. The normalized spacial score (nSPS) is 12.0. The number of anilines is 2. The van der Waals surface area contributed by atoms with Crippen LogP contribution in [0.4, 0.5) is 24.9 Å². The first kappa shape index (κ1) is 22.5. The molecule has 31 heavy (non-hydrogen) atoms. The zero-order chi connectivity index (χ0) is 22.8. The fourth-order valence-corrected chi connectivity index (χ4v) is 3.67. The van der Waals surface area contributed by atoms with Crippen LogP contribution in [-0.2, 0) is 29.0 Å². The van der Waals surface area contributed by atoms with Crippen molar-refractivity contribution in [1.29, 1.82) is 0 Å². The summed E-state index contributed by atoms with van der Waals surface area (Å²) in [5, 5.41) is 2.96. The molecule has 0 aliphatic rings. The van der Waals surface area contributed by atoms with Gasteiger partial charge in [-0.25, -0.2) is 18.4 Å². The number of aryl methyl sites for hydroxylation is 1. The average Bonchev–Trinajstić information content (AvgIpc) is 2.71. The third-order valence-electron chi connectivity index (χ3n) is 4.52. The van der Waals surface area contributed by atoms with E-state index in [0.29, 0.717) is 23.4 Å². The van der Waals surface area contributed by atoms with Gasteiger partial charge in [-0.2, -0.15) is 18.2 Å². The number of hydrogen-bond donors (Lipinski definition) is 2. The number of rotatable bonds is 6. The lowest BCUT2D eigenvalue weighted by Crippen LogP contribution is -2.12. The number of aromatic nitrogens is 3. The number of nitrogens with zero attached hydrogens (tertiary/aromatic N) is 3. The number of sulfone groups is 1. The van der Waals surface area contributed by atoms with E-state index in [0.717, 1.165) is 17.9 Å². The van der Waals surface area contributed by atoms with Crippen molar-refractivity contribution in [2.75, 3.05) is 17.3 Å². The van der Waals surface area contributed by atoms with Gasteiger partial charge in [0.05, 0.1) is 17.1 Å². The average molecular weight is 451 g/mol. The molecule has 0 saturated heterocycles. The maximum Gasteiger partial charge on any atom is 0.433 e. The molecule has 11 heteroatoms. The van der Waals surface area contributed by atoms with Crippen molar-refractivity contribution in [2.24, 2.45) is 0 Å². The van der Waals surface area contributed by atoms with Crippen molar-refractivity contribution in [3.05, 3.63) is 59.5 Å². The second-order valence-electron chi connectivity index (χ2n) is 6.80. The van der Waals surface area contributed by atoms with Gasteiger partial charge in [-0.15, -0.1) is 0 Å². The van der Waals surface area contributed by atoms with Gasteiger partial charge in [0, 0.05) is 18.0 Å². The summed E-state index contributed by atoms with van der Waals surface area (Å²) < 4.78 is 62.5. The lowest BCUT2D eigenvalue weighted by atomic mass is 9.99. The predicted molar refractivity (Wildman–Crippen MR) is 111 cm³/mol. The standard InChI is InChI=1S/C20H20F3N5O2S/c1-3-12-9-14(31(2,29)30)7-8-15(12)16-11-26-19(24)28-18(16)25-10-13-5-4-6-17(27-13)20(21,22)23/h4-9,11H,3,10H2,1-2H3,(H3,24,25,26,28). The van der Waals surface area contributed by atoms with Gasteiger partial charge in [0.1, 0.15) is 11.5 Å². The van der Waals surface area contributed by atoms with Crippen LogP contribution in [0.5, 0.6) is 0 Å². The van der Waals surface area contributed by atoms with Crippen LogP contribution < -0.4 is 11.1 Å². The van der Waals surface area contributed by atoms with E-state index in [-0.39, 0.29) is 23.1 Å². The topological polar surface area (TPSA) is 111 Å².